The number of likely N-dealkylation sites (N-methyl/N-ethyl adjacent to an activating group) is 1. The molecule has 0 rings (SSSR count). The van der Waals surface area contributed by atoms with E-state index in [0.717, 1.165) is 83.5 Å². The molecule has 0 spiro atoms. The van der Waals surface area contributed by atoms with Crippen molar-refractivity contribution in [2.45, 2.75) is 245 Å². The third kappa shape index (κ3) is 58.1. The van der Waals surface area contributed by atoms with Crippen molar-refractivity contribution in [1.29, 1.82) is 0 Å². The lowest BCUT2D eigenvalue weighted by atomic mass is 10.0. The minimum absolute atomic E-state index is 0.0307. The number of phosphoric acid groups is 1. The van der Waals surface area contributed by atoms with E-state index in [1.165, 1.54) is 122 Å². The summed E-state index contributed by atoms with van der Waals surface area (Å²) in [5.74, 6) is -0.800. The molecule has 2 atom stereocenters. The van der Waals surface area contributed by atoms with Crippen LogP contribution in [0.1, 0.15) is 239 Å². The van der Waals surface area contributed by atoms with E-state index in [-0.39, 0.29) is 32.0 Å². The van der Waals surface area contributed by atoms with Crippen molar-refractivity contribution in [1.82, 2.24) is 0 Å². The zero-order valence-electron chi connectivity index (χ0n) is 47.6. The minimum Gasteiger partial charge on any atom is -0.462 e. The van der Waals surface area contributed by atoms with Crippen molar-refractivity contribution < 1.29 is 42.1 Å². The van der Waals surface area contributed by atoms with Crippen molar-refractivity contribution in [2.75, 3.05) is 47.5 Å². The highest BCUT2D eigenvalue weighted by Gasteiger charge is 2.27. The number of phosphoric ester groups is 1. The van der Waals surface area contributed by atoms with Crippen molar-refractivity contribution in [3.8, 4) is 0 Å². The highest BCUT2D eigenvalue weighted by atomic mass is 31.2. The molecule has 0 saturated heterocycles. The monoisotopic (exact) mass is 1040 g/mol. The molecule has 0 fully saturated rings. The molecule has 0 aromatic rings. The second-order valence-corrected chi connectivity index (χ2v) is 22.1. The van der Waals surface area contributed by atoms with Crippen LogP contribution >= 0.6 is 7.82 Å². The van der Waals surface area contributed by atoms with Gasteiger partial charge in [0.25, 0.3) is 0 Å². The Morgan fingerprint density at radius 1 is 0.438 bits per heavy atom. The molecule has 0 aromatic heterocycles. The Morgan fingerprint density at radius 2 is 0.781 bits per heavy atom. The maximum absolute atomic E-state index is 12.7. The third-order valence-corrected chi connectivity index (χ3v) is 13.4. The molecule has 420 valence electrons. The predicted octanol–water partition coefficient (Wildman–Crippen LogP) is 18.4. The van der Waals surface area contributed by atoms with Crippen LogP contribution < -0.4 is 0 Å². The van der Waals surface area contributed by atoms with E-state index in [1.807, 2.05) is 21.1 Å². The molecule has 0 radical (unpaired) electrons. The molecule has 73 heavy (non-hydrogen) atoms. The van der Waals surface area contributed by atoms with E-state index in [1.54, 1.807) is 0 Å². The van der Waals surface area contributed by atoms with E-state index in [2.05, 4.69) is 111 Å². The molecule has 2 unspecified atom stereocenters. The van der Waals surface area contributed by atoms with E-state index < -0.39 is 26.5 Å². The fourth-order valence-electron chi connectivity index (χ4n) is 7.85. The Kier molecular flexibility index (Phi) is 51.5. The highest BCUT2D eigenvalue weighted by Crippen LogP contribution is 2.43. The Labute approximate surface area is 449 Å². The first-order valence-corrected chi connectivity index (χ1v) is 31.0. The van der Waals surface area contributed by atoms with Crippen LogP contribution in [-0.2, 0) is 32.7 Å². The summed E-state index contributed by atoms with van der Waals surface area (Å²) in [5, 5.41) is 0. The van der Waals surface area contributed by atoms with Gasteiger partial charge in [-0.3, -0.25) is 18.6 Å². The summed E-state index contributed by atoms with van der Waals surface area (Å²) in [5.41, 5.74) is 0. The first-order valence-electron chi connectivity index (χ1n) is 29.5. The third-order valence-electron chi connectivity index (χ3n) is 12.4. The summed E-state index contributed by atoms with van der Waals surface area (Å²) in [7, 11) is 1.48. The molecule has 0 aliphatic heterocycles. The fourth-order valence-corrected chi connectivity index (χ4v) is 8.60. The number of ether oxygens (including phenoxy) is 2. The summed E-state index contributed by atoms with van der Waals surface area (Å²) >= 11 is 0. The van der Waals surface area contributed by atoms with Gasteiger partial charge in [-0.15, -0.1) is 0 Å². The van der Waals surface area contributed by atoms with Crippen molar-refractivity contribution in [2.24, 2.45) is 0 Å². The van der Waals surface area contributed by atoms with Crippen LogP contribution in [0.3, 0.4) is 0 Å². The van der Waals surface area contributed by atoms with Gasteiger partial charge in [-0.05, 0) is 77.0 Å². The Bertz CT molecular complexity index is 1550. The minimum atomic E-state index is -4.38. The number of esters is 2. The summed E-state index contributed by atoms with van der Waals surface area (Å²) < 4.78 is 34.4. The van der Waals surface area contributed by atoms with Gasteiger partial charge in [0, 0.05) is 12.8 Å². The second kappa shape index (κ2) is 53.7. The van der Waals surface area contributed by atoms with Crippen LogP contribution in [0.15, 0.2) is 97.2 Å². The molecule has 9 nitrogen and oxygen atoms in total. The smallest absolute Gasteiger partial charge is 0.462 e. The van der Waals surface area contributed by atoms with Gasteiger partial charge in [0.1, 0.15) is 19.8 Å². The van der Waals surface area contributed by atoms with Gasteiger partial charge in [0.15, 0.2) is 6.10 Å². The number of rotatable bonds is 53. The van der Waals surface area contributed by atoms with Gasteiger partial charge >= 0.3 is 19.8 Å². The van der Waals surface area contributed by atoms with Crippen molar-refractivity contribution in [3.05, 3.63) is 97.2 Å². The fraction of sp³-hybridized carbons (Fsp3) is 0.714. The van der Waals surface area contributed by atoms with Crippen LogP contribution in [0.5, 0.6) is 0 Å². The van der Waals surface area contributed by atoms with Crippen LogP contribution in [0.4, 0.5) is 0 Å². The highest BCUT2D eigenvalue weighted by molar-refractivity contribution is 7.47. The largest absolute Gasteiger partial charge is 0.472 e. The van der Waals surface area contributed by atoms with Crippen molar-refractivity contribution in [3.63, 3.8) is 0 Å². The lowest BCUT2D eigenvalue weighted by Gasteiger charge is -2.24. The molecular formula is C63H111NO8P+. The first kappa shape index (κ1) is 69.9. The Balaban J connectivity index is 3.90. The number of carbonyl (C=O) groups excluding carboxylic acids is 2. The van der Waals surface area contributed by atoms with Gasteiger partial charge in [-0.1, -0.05) is 246 Å². The number of hydrogen-bond acceptors (Lipinski definition) is 7. The molecule has 0 heterocycles. The zero-order chi connectivity index (χ0) is 53.5. The Morgan fingerprint density at radius 3 is 1.16 bits per heavy atom. The SMILES string of the molecule is CC/C=C\C/C=C\C/C=C\C/C=C\C/C=C\C/C=C\C/C=C\C/C=C\CCCCCCCCCCCCCCCCCCC(=O)OC(COC(=O)CCCCCCCCCC)COP(=O)(O)OCC[N+](C)(C)C. The lowest BCUT2D eigenvalue weighted by molar-refractivity contribution is -0.870. The quantitative estimate of drug-likeness (QED) is 0.0211. The zero-order valence-corrected chi connectivity index (χ0v) is 48.5. The molecule has 0 aromatic carbocycles. The number of unbranched alkanes of at least 4 members (excludes halogenated alkanes) is 23. The maximum atomic E-state index is 12.7. The van der Waals surface area contributed by atoms with Gasteiger partial charge in [0.2, 0.25) is 0 Å². The topological polar surface area (TPSA) is 108 Å². The number of carbonyl (C=O) groups is 2. The number of nitrogens with zero attached hydrogens (tertiary/aromatic N) is 1. The predicted molar refractivity (Wildman–Crippen MR) is 312 cm³/mol. The number of allylic oxidation sites excluding steroid dienone is 16. The molecule has 10 heteroatoms. The molecule has 1 N–H and O–H groups in total. The molecule has 0 bridgehead atoms. The average molecular weight is 1040 g/mol. The van der Waals surface area contributed by atoms with Crippen LogP contribution in [0.2, 0.25) is 0 Å². The summed E-state index contributed by atoms with van der Waals surface area (Å²) in [6.45, 7) is 4.28. The average Bonchev–Trinajstić information content (AvgIpc) is 3.35. The van der Waals surface area contributed by atoms with E-state index in [4.69, 9.17) is 18.5 Å². The normalized spacial score (nSPS) is 14.0. The van der Waals surface area contributed by atoms with Crippen LogP contribution in [-0.4, -0.2) is 74.9 Å². The molecular weight excluding hydrogens is 930 g/mol. The molecule has 0 saturated carbocycles. The van der Waals surface area contributed by atoms with Gasteiger partial charge in [-0.25, -0.2) is 4.57 Å². The van der Waals surface area contributed by atoms with Gasteiger partial charge < -0.3 is 18.9 Å². The van der Waals surface area contributed by atoms with Gasteiger partial charge in [0.05, 0.1) is 27.7 Å². The molecule has 0 amide bonds. The number of quaternary nitrogens is 1. The van der Waals surface area contributed by atoms with E-state index >= 15 is 0 Å². The van der Waals surface area contributed by atoms with E-state index in [0.29, 0.717) is 17.4 Å². The lowest BCUT2D eigenvalue weighted by Crippen LogP contribution is -2.37. The Hall–Kier alpha value is -3.07. The summed E-state index contributed by atoms with van der Waals surface area (Å²) in [6.07, 6.45) is 73.8. The van der Waals surface area contributed by atoms with Crippen molar-refractivity contribution >= 4 is 19.8 Å². The number of hydrogen-bond donors (Lipinski definition) is 1. The van der Waals surface area contributed by atoms with Crippen LogP contribution in [0, 0.1) is 0 Å². The summed E-state index contributed by atoms with van der Waals surface area (Å²) in [4.78, 5) is 35.4. The second-order valence-electron chi connectivity index (χ2n) is 20.7. The van der Waals surface area contributed by atoms with Crippen LogP contribution in [0.25, 0.3) is 0 Å². The molecule has 0 aliphatic rings. The first-order chi connectivity index (χ1) is 35.5. The van der Waals surface area contributed by atoms with Gasteiger partial charge in [-0.2, -0.15) is 0 Å². The standard InChI is InChI=1S/C63H110NO8P/c1-6-8-10-12-14-16-17-18-19-20-21-22-23-24-25-26-27-28-29-30-31-32-33-34-35-36-37-38-39-40-41-42-43-44-45-46-47-48-50-52-54-56-63(66)72-61(60-71-73(67,68)70-58-57-64(3,4)5)59-69-62(65)55-53-51-49-15-13-11-9-7-2/h8,10,14,16,18-19,21-22,24-25,27-28,30-31,33-34,61H,6-7,9,11-13,15,17,20,23,26,29,32,35-60H2,1-5H3/p+1/b10-8-,16-14-,19-18-,22-21-,25-24-,28-27-,31-30-,34-33-. The molecule has 0 aliphatic carbocycles. The maximum Gasteiger partial charge on any atom is 0.472 e. The van der Waals surface area contributed by atoms with E-state index in [9.17, 15) is 19.0 Å². The summed E-state index contributed by atoms with van der Waals surface area (Å²) in [6, 6.07) is 0.